The predicted octanol–water partition coefficient (Wildman–Crippen LogP) is 2.33. The number of nitrogens with one attached hydrogen (secondary N) is 1. The Labute approximate surface area is 146 Å². The van der Waals surface area contributed by atoms with Crippen molar-refractivity contribution >= 4 is 27.3 Å². The third kappa shape index (κ3) is 2.74. The number of amides is 1. The van der Waals surface area contributed by atoms with Gasteiger partial charge in [0.2, 0.25) is 5.91 Å². The van der Waals surface area contributed by atoms with Gasteiger partial charge in [-0.3, -0.25) is 9.52 Å². The minimum Gasteiger partial charge on any atom is -0.497 e. The third-order valence-corrected chi connectivity index (χ3v) is 6.02. The van der Waals surface area contributed by atoms with Crippen molar-refractivity contribution in [3.05, 3.63) is 47.5 Å². The van der Waals surface area contributed by atoms with E-state index < -0.39 is 10.0 Å². The number of nitrogens with zero attached hydrogens (tertiary/aromatic N) is 1. The van der Waals surface area contributed by atoms with E-state index in [4.69, 9.17) is 4.74 Å². The number of ether oxygens (including phenoxy) is 1. The van der Waals surface area contributed by atoms with E-state index in [9.17, 15) is 13.2 Å². The highest BCUT2D eigenvalue weighted by Crippen LogP contribution is 2.38. The highest BCUT2D eigenvalue weighted by atomic mass is 32.2. The molecular weight excluding hydrogens is 340 g/mol. The van der Waals surface area contributed by atoms with Gasteiger partial charge in [-0.15, -0.1) is 0 Å². The standard InChI is InChI=1S/C18H18N2O4S/c1-24-15-4-2-3-14(11-15)19-25(22,23)16-9-12-5-6-17(21)20-8-7-13(10-16)18(12)20/h2-4,9-11,19H,5-8H2,1H3. The fourth-order valence-corrected chi connectivity index (χ4v) is 4.63. The number of sulfonamides is 1. The smallest absolute Gasteiger partial charge is 0.261 e. The number of anilines is 2. The molecule has 1 N–H and O–H groups in total. The summed E-state index contributed by atoms with van der Waals surface area (Å²) in [5, 5.41) is 0. The molecule has 0 atom stereocenters. The zero-order valence-corrected chi connectivity index (χ0v) is 14.6. The molecule has 0 spiro atoms. The van der Waals surface area contributed by atoms with Gasteiger partial charge in [0.15, 0.2) is 0 Å². The molecule has 2 aromatic carbocycles. The van der Waals surface area contributed by atoms with Gasteiger partial charge in [0.1, 0.15) is 5.75 Å². The van der Waals surface area contributed by atoms with Gasteiger partial charge in [0.05, 0.1) is 23.4 Å². The van der Waals surface area contributed by atoms with Gasteiger partial charge < -0.3 is 9.64 Å². The van der Waals surface area contributed by atoms with Crippen LogP contribution < -0.4 is 14.4 Å². The molecular formula is C18H18N2O4S. The van der Waals surface area contributed by atoms with Crippen LogP contribution in [0, 0.1) is 0 Å². The average Bonchev–Trinajstić information content (AvgIpc) is 3.03. The first kappa shape index (κ1) is 16.0. The Balaban J connectivity index is 1.71. The second-order valence-corrected chi connectivity index (χ2v) is 7.91. The second kappa shape index (κ2) is 5.77. The van der Waals surface area contributed by atoms with Gasteiger partial charge in [0, 0.05) is 19.0 Å². The van der Waals surface area contributed by atoms with Crippen LogP contribution >= 0.6 is 0 Å². The molecule has 0 radical (unpaired) electrons. The molecule has 4 rings (SSSR count). The minimum atomic E-state index is -3.71. The zero-order chi connectivity index (χ0) is 17.6. The lowest BCUT2D eigenvalue weighted by atomic mass is 10.00. The molecule has 0 aromatic heterocycles. The molecule has 130 valence electrons. The maximum atomic E-state index is 12.8. The SMILES string of the molecule is COc1cccc(NS(=O)(=O)c2cc3c4c(c2)CCN4C(=O)CC3)c1. The van der Waals surface area contributed by atoms with Gasteiger partial charge >= 0.3 is 0 Å². The Hall–Kier alpha value is -2.54. The monoisotopic (exact) mass is 358 g/mol. The van der Waals surface area contributed by atoms with Crippen molar-refractivity contribution < 1.29 is 17.9 Å². The number of methoxy groups -OCH3 is 1. The number of hydrogen-bond donors (Lipinski definition) is 1. The molecule has 0 fully saturated rings. The van der Waals surface area contributed by atoms with E-state index in [-0.39, 0.29) is 10.8 Å². The van der Waals surface area contributed by atoms with Gasteiger partial charge in [-0.2, -0.15) is 0 Å². The number of carbonyl (C=O) groups is 1. The first-order valence-corrected chi connectivity index (χ1v) is 9.59. The van der Waals surface area contributed by atoms with Crippen LogP contribution in [0.4, 0.5) is 11.4 Å². The van der Waals surface area contributed by atoms with Gasteiger partial charge in [-0.05, 0) is 48.2 Å². The van der Waals surface area contributed by atoms with Crippen LogP contribution in [0.1, 0.15) is 17.5 Å². The van der Waals surface area contributed by atoms with E-state index in [0.717, 1.165) is 16.8 Å². The lowest BCUT2D eigenvalue weighted by Crippen LogP contribution is -2.33. The van der Waals surface area contributed by atoms with Crippen LogP contribution in [0.15, 0.2) is 41.3 Å². The summed E-state index contributed by atoms with van der Waals surface area (Å²) in [4.78, 5) is 14.0. The number of hydrogen-bond acceptors (Lipinski definition) is 4. The topological polar surface area (TPSA) is 75.7 Å². The Morgan fingerprint density at radius 1 is 1.08 bits per heavy atom. The van der Waals surface area contributed by atoms with Crippen molar-refractivity contribution in [3.8, 4) is 5.75 Å². The van der Waals surface area contributed by atoms with Crippen LogP contribution in [0.25, 0.3) is 0 Å². The summed E-state index contributed by atoms with van der Waals surface area (Å²) >= 11 is 0. The van der Waals surface area contributed by atoms with E-state index in [1.54, 1.807) is 41.3 Å². The van der Waals surface area contributed by atoms with Crippen LogP contribution in [-0.2, 0) is 27.7 Å². The van der Waals surface area contributed by atoms with Crippen LogP contribution in [0.3, 0.4) is 0 Å². The average molecular weight is 358 g/mol. The third-order valence-electron chi connectivity index (χ3n) is 4.66. The summed E-state index contributed by atoms with van der Waals surface area (Å²) in [6, 6.07) is 10.2. The first-order chi connectivity index (χ1) is 12.0. The van der Waals surface area contributed by atoms with E-state index in [2.05, 4.69) is 4.72 Å². The van der Waals surface area contributed by atoms with Gasteiger partial charge in [0.25, 0.3) is 10.0 Å². The van der Waals surface area contributed by atoms with Crippen molar-refractivity contribution in [2.45, 2.75) is 24.2 Å². The van der Waals surface area contributed by atoms with Gasteiger partial charge in [-0.25, -0.2) is 8.42 Å². The fourth-order valence-electron chi connectivity index (χ4n) is 3.48. The summed E-state index contributed by atoms with van der Waals surface area (Å²) < 4.78 is 33.3. The summed E-state index contributed by atoms with van der Waals surface area (Å²) in [6.45, 7) is 0.633. The Morgan fingerprint density at radius 2 is 1.84 bits per heavy atom. The van der Waals surface area contributed by atoms with E-state index in [1.165, 1.54) is 7.11 Å². The van der Waals surface area contributed by atoms with Crippen molar-refractivity contribution in [2.75, 3.05) is 23.3 Å². The van der Waals surface area contributed by atoms with Crippen molar-refractivity contribution in [2.24, 2.45) is 0 Å². The molecule has 6 nitrogen and oxygen atoms in total. The van der Waals surface area contributed by atoms with E-state index >= 15 is 0 Å². The molecule has 0 saturated heterocycles. The molecule has 1 amide bonds. The lowest BCUT2D eigenvalue weighted by molar-refractivity contribution is -0.118. The van der Waals surface area contributed by atoms with Crippen LogP contribution in [0.2, 0.25) is 0 Å². The fraction of sp³-hybridized carbons (Fsp3) is 0.278. The maximum Gasteiger partial charge on any atom is 0.261 e. The Bertz CT molecular complexity index is 969. The largest absolute Gasteiger partial charge is 0.497 e. The number of aryl methyl sites for hydroxylation is 1. The summed E-state index contributed by atoms with van der Waals surface area (Å²) in [7, 11) is -2.17. The summed E-state index contributed by atoms with van der Waals surface area (Å²) in [6.07, 6.45) is 1.70. The molecule has 0 bridgehead atoms. The molecule has 0 unspecified atom stereocenters. The molecule has 7 heteroatoms. The van der Waals surface area contributed by atoms with E-state index in [1.807, 2.05) is 0 Å². The predicted molar refractivity (Wildman–Crippen MR) is 94.6 cm³/mol. The highest BCUT2D eigenvalue weighted by molar-refractivity contribution is 7.92. The van der Waals surface area contributed by atoms with E-state index in [0.29, 0.717) is 37.2 Å². The molecule has 2 aliphatic heterocycles. The van der Waals surface area contributed by atoms with Crippen molar-refractivity contribution in [1.29, 1.82) is 0 Å². The highest BCUT2D eigenvalue weighted by Gasteiger charge is 2.32. The summed E-state index contributed by atoms with van der Waals surface area (Å²) in [5.41, 5.74) is 3.22. The maximum absolute atomic E-state index is 12.8. The molecule has 25 heavy (non-hydrogen) atoms. The Morgan fingerprint density at radius 3 is 2.60 bits per heavy atom. The zero-order valence-electron chi connectivity index (χ0n) is 13.8. The first-order valence-electron chi connectivity index (χ1n) is 8.11. The number of carbonyl (C=O) groups excluding carboxylic acids is 1. The molecule has 2 aliphatic rings. The normalized spacial score (nSPS) is 15.9. The lowest BCUT2D eigenvalue weighted by Gasteiger charge is -2.25. The van der Waals surface area contributed by atoms with Crippen LogP contribution in [0.5, 0.6) is 5.75 Å². The Kier molecular flexibility index (Phi) is 3.68. The van der Waals surface area contributed by atoms with Gasteiger partial charge in [-0.1, -0.05) is 6.07 Å². The summed E-state index contributed by atoms with van der Waals surface area (Å²) in [5.74, 6) is 0.703. The quantitative estimate of drug-likeness (QED) is 0.910. The van der Waals surface area contributed by atoms with Crippen LogP contribution in [-0.4, -0.2) is 28.0 Å². The second-order valence-electron chi connectivity index (χ2n) is 6.22. The molecule has 2 heterocycles. The molecule has 2 aromatic rings. The van der Waals surface area contributed by atoms with Crippen molar-refractivity contribution in [3.63, 3.8) is 0 Å². The molecule has 0 saturated carbocycles. The molecule has 0 aliphatic carbocycles. The number of rotatable bonds is 4. The number of benzene rings is 2. The van der Waals surface area contributed by atoms with Crippen molar-refractivity contribution in [1.82, 2.24) is 0 Å². The minimum absolute atomic E-state index is 0.122.